The van der Waals surface area contributed by atoms with Crippen LogP contribution in [0, 0.1) is 0 Å². The van der Waals surface area contributed by atoms with Gasteiger partial charge < -0.3 is 0 Å². The molecule has 2 atom stereocenters. The van der Waals surface area contributed by atoms with Crippen LogP contribution < -0.4 is 0 Å². The Kier molecular flexibility index (Phi) is 11.5. The van der Waals surface area contributed by atoms with Gasteiger partial charge >= 0.3 is 11.6 Å². The maximum atomic E-state index is 10.8. The second-order valence-corrected chi connectivity index (χ2v) is 6.50. The van der Waals surface area contributed by atoms with E-state index in [0.29, 0.717) is 0 Å². The van der Waals surface area contributed by atoms with Gasteiger partial charge in [-0.1, -0.05) is 36.4 Å². The molecule has 0 saturated heterocycles. The molecule has 0 N–H and O–H groups in total. The average molecular weight is 344 g/mol. The lowest BCUT2D eigenvalue weighted by atomic mass is 10.4. The zero-order valence-corrected chi connectivity index (χ0v) is 14.1. The summed E-state index contributed by atoms with van der Waals surface area (Å²) in [6, 6.07) is 18.8. The van der Waals surface area contributed by atoms with Crippen LogP contribution in [0.4, 0.5) is 0 Å². The van der Waals surface area contributed by atoms with Crippen molar-refractivity contribution in [3.8, 4) is 0 Å². The lowest BCUT2D eigenvalue weighted by molar-refractivity contribution is 0.630. The summed E-state index contributed by atoms with van der Waals surface area (Å²) >= 11 is -0.750. The summed E-state index contributed by atoms with van der Waals surface area (Å²) in [6.45, 7) is 0. The Hall–Kier alpha value is -1.44. The molecule has 0 fully saturated rings. The van der Waals surface area contributed by atoms with Crippen molar-refractivity contribution in [1.82, 2.24) is 0 Å². The average Bonchev–Trinajstić information content (AvgIpc) is 2.50. The van der Waals surface area contributed by atoms with E-state index < -0.39 is 33.2 Å². The van der Waals surface area contributed by atoms with Crippen molar-refractivity contribution >= 4 is 33.2 Å². The van der Waals surface area contributed by atoms with Gasteiger partial charge in [0, 0.05) is 43.9 Å². The molecule has 2 aromatic rings. The Labute approximate surface area is 133 Å². The molecule has 0 radical (unpaired) electrons. The van der Waals surface area contributed by atoms with Crippen molar-refractivity contribution in [3.63, 3.8) is 0 Å². The maximum absolute atomic E-state index is 10.8. The molecule has 7 heteroatoms. The van der Waals surface area contributed by atoms with Crippen molar-refractivity contribution in [2.24, 2.45) is 0 Å². The second kappa shape index (κ2) is 12.3. The lowest BCUT2D eigenvalue weighted by Gasteiger charge is -1.90. The fraction of sp³-hybridized carbons (Fsp3) is 0.143. The number of hydrogen-bond acceptors (Lipinski definition) is 4. The van der Waals surface area contributed by atoms with Gasteiger partial charge in [-0.15, -0.1) is 0 Å². The third-order valence-electron chi connectivity index (χ3n) is 2.15. The molecule has 0 heterocycles. The van der Waals surface area contributed by atoms with Crippen LogP contribution in [0.5, 0.6) is 0 Å². The van der Waals surface area contributed by atoms with E-state index in [1.165, 1.54) is 0 Å². The summed E-state index contributed by atoms with van der Waals surface area (Å²) in [5.41, 5.74) is 0. The maximum Gasteiger partial charge on any atom is 0.335 e. The van der Waals surface area contributed by atoms with Crippen molar-refractivity contribution in [2.45, 2.75) is 9.79 Å². The smallest absolute Gasteiger partial charge is 0.255 e. The molecule has 114 valence electrons. The van der Waals surface area contributed by atoms with E-state index in [0.717, 1.165) is 9.79 Å². The zero-order valence-electron chi connectivity index (χ0n) is 11.6. The van der Waals surface area contributed by atoms with Crippen LogP contribution in [0.3, 0.4) is 0 Å². The van der Waals surface area contributed by atoms with E-state index in [9.17, 15) is 8.42 Å². The monoisotopic (exact) mass is 344 g/mol. The minimum Gasteiger partial charge on any atom is -0.255 e. The van der Waals surface area contributed by atoms with Crippen LogP contribution in [-0.2, 0) is 33.2 Å². The normalized spacial score (nSPS) is 11.7. The first-order valence-electron chi connectivity index (χ1n) is 5.71. The van der Waals surface area contributed by atoms with Gasteiger partial charge in [-0.25, -0.2) is 0 Å². The Morgan fingerprint density at radius 3 is 1.05 bits per heavy atom. The molecule has 0 aliphatic carbocycles. The third-order valence-corrected chi connectivity index (χ3v) is 4.02. The highest BCUT2D eigenvalue weighted by atomic mass is 32.2. The van der Waals surface area contributed by atoms with Crippen molar-refractivity contribution < 1.29 is 16.8 Å². The van der Waals surface area contributed by atoms with E-state index in [2.05, 4.69) is 0 Å². The van der Waals surface area contributed by atoms with Crippen molar-refractivity contribution in [3.05, 3.63) is 60.7 Å². The molecule has 0 aliphatic rings. The van der Waals surface area contributed by atoms with Crippen LogP contribution in [0.2, 0.25) is 0 Å². The van der Waals surface area contributed by atoms with Gasteiger partial charge in [-0.2, -0.15) is 8.42 Å². The van der Waals surface area contributed by atoms with Gasteiger partial charge in [0.25, 0.3) is 0 Å². The predicted molar refractivity (Wildman–Crippen MR) is 86.5 cm³/mol. The SMILES string of the molecule is CS(=O)c1ccccc1.CS(=O)c1ccccc1.O=S=O. The Morgan fingerprint density at radius 2 is 0.905 bits per heavy atom. The standard InChI is InChI=1S/2C7H8OS.O2S/c2*1-9(8)7-5-3-2-4-6-7;1-3-2/h2*2-6H,1H3;. The minimum atomic E-state index is -0.829. The molecule has 21 heavy (non-hydrogen) atoms. The van der Waals surface area contributed by atoms with Crippen LogP contribution in [0.1, 0.15) is 0 Å². The van der Waals surface area contributed by atoms with Gasteiger partial charge in [0.1, 0.15) is 0 Å². The highest BCUT2D eigenvalue weighted by molar-refractivity contribution is 7.84. The van der Waals surface area contributed by atoms with Crippen LogP contribution in [0.25, 0.3) is 0 Å². The zero-order chi connectivity index (χ0) is 16.1. The van der Waals surface area contributed by atoms with E-state index in [1.54, 1.807) is 12.5 Å². The predicted octanol–water partition coefficient (Wildman–Crippen LogP) is 2.18. The molecule has 0 spiro atoms. The largest absolute Gasteiger partial charge is 0.335 e. The van der Waals surface area contributed by atoms with E-state index in [-0.39, 0.29) is 0 Å². The highest BCUT2D eigenvalue weighted by Gasteiger charge is 1.91. The quantitative estimate of drug-likeness (QED) is 0.837. The highest BCUT2D eigenvalue weighted by Crippen LogP contribution is 2.02. The topological polar surface area (TPSA) is 68.3 Å². The van der Waals surface area contributed by atoms with Gasteiger partial charge in [0.15, 0.2) is 0 Å². The summed E-state index contributed by atoms with van der Waals surface area (Å²) in [6.07, 6.45) is 3.35. The molecular weight excluding hydrogens is 328 g/mol. The number of rotatable bonds is 2. The van der Waals surface area contributed by atoms with Gasteiger partial charge in [-0.3, -0.25) is 8.42 Å². The van der Waals surface area contributed by atoms with Crippen LogP contribution >= 0.6 is 0 Å². The number of hydrogen-bond donors (Lipinski definition) is 0. The van der Waals surface area contributed by atoms with Gasteiger partial charge in [0.2, 0.25) is 0 Å². The van der Waals surface area contributed by atoms with E-state index in [1.807, 2.05) is 60.7 Å². The lowest BCUT2D eigenvalue weighted by Crippen LogP contribution is -1.83. The van der Waals surface area contributed by atoms with Crippen molar-refractivity contribution in [1.29, 1.82) is 0 Å². The van der Waals surface area contributed by atoms with Crippen molar-refractivity contribution in [2.75, 3.05) is 12.5 Å². The first-order chi connectivity index (χ1) is 10.0. The van der Waals surface area contributed by atoms with Gasteiger partial charge in [0.05, 0.1) is 0 Å². The first kappa shape index (κ1) is 19.6. The van der Waals surface area contributed by atoms with Crippen LogP contribution in [-0.4, -0.2) is 29.3 Å². The molecule has 0 aromatic heterocycles. The van der Waals surface area contributed by atoms with E-state index in [4.69, 9.17) is 8.42 Å². The first-order valence-corrected chi connectivity index (χ1v) is 9.50. The molecule has 0 saturated carbocycles. The molecule has 0 aliphatic heterocycles. The molecular formula is C14H16O4S3. The number of benzene rings is 2. The van der Waals surface area contributed by atoms with E-state index >= 15 is 0 Å². The summed E-state index contributed by atoms with van der Waals surface area (Å²) in [5, 5.41) is 0. The molecule has 2 unspecified atom stereocenters. The summed E-state index contributed by atoms with van der Waals surface area (Å²) in [4.78, 5) is 1.77. The molecule has 0 bridgehead atoms. The Morgan fingerprint density at radius 1 is 0.667 bits per heavy atom. The molecule has 0 amide bonds. The third kappa shape index (κ3) is 10.0. The van der Waals surface area contributed by atoms with Crippen LogP contribution in [0.15, 0.2) is 70.5 Å². The summed E-state index contributed by atoms with van der Waals surface area (Å²) < 4.78 is 38.1. The molecule has 2 aromatic carbocycles. The second-order valence-electron chi connectivity index (χ2n) is 3.60. The molecule has 2 rings (SSSR count). The Bertz CT molecular complexity index is 545. The minimum absolute atomic E-state index is 0.750. The fourth-order valence-electron chi connectivity index (χ4n) is 1.22. The Balaban J connectivity index is 0.000000322. The summed E-state index contributed by atoms with van der Waals surface area (Å²) in [7, 11) is -1.66. The summed E-state index contributed by atoms with van der Waals surface area (Å²) in [5.74, 6) is 0. The van der Waals surface area contributed by atoms with Gasteiger partial charge in [-0.05, 0) is 24.3 Å². The fourth-order valence-corrected chi connectivity index (χ4v) is 2.31. The molecule has 4 nitrogen and oxygen atoms in total.